The van der Waals surface area contributed by atoms with Gasteiger partial charge in [-0.25, -0.2) is 9.18 Å². The van der Waals surface area contributed by atoms with Crippen molar-refractivity contribution in [3.8, 4) is 0 Å². The molecule has 6 heteroatoms. The van der Waals surface area contributed by atoms with E-state index in [2.05, 4.69) is 5.32 Å². The molecule has 4 nitrogen and oxygen atoms in total. The summed E-state index contributed by atoms with van der Waals surface area (Å²) in [5.74, 6) is -1.98. The number of rotatable bonds is 5. The molecule has 1 N–H and O–H groups in total. The van der Waals surface area contributed by atoms with E-state index in [4.69, 9.17) is 16.3 Å². The van der Waals surface area contributed by atoms with Gasteiger partial charge in [0.05, 0.1) is 5.69 Å². The molecule has 0 fully saturated rings. The van der Waals surface area contributed by atoms with Crippen LogP contribution in [0.15, 0.2) is 48.5 Å². The zero-order valence-electron chi connectivity index (χ0n) is 13.8. The van der Waals surface area contributed by atoms with Crippen LogP contribution in [0.5, 0.6) is 0 Å². The third kappa shape index (κ3) is 5.72. The second-order valence-corrected chi connectivity index (χ2v) is 5.87. The first kappa shape index (κ1) is 18.7. The zero-order valence-corrected chi connectivity index (χ0v) is 14.5. The first-order valence-corrected chi connectivity index (χ1v) is 7.94. The molecule has 130 valence electrons. The van der Waals surface area contributed by atoms with Crippen LogP contribution < -0.4 is 5.32 Å². The number of anilines is 1. The molecule has 25 heavy (non-hydrogen) atoms. The number of ether oxygens (including phenoxy) is 1. The van der Waals surface area contributed by atoms with E-state index in [1.165, 1.54) is 25.1 Å². The Kier molecular flexibility index (Phi) is 6.31. The van der Waals surface area contributed by atoms with Crippen molar-refractivity contribution in [1.82, 2.24) is 0 Å². The quantitative estimate of drug-likeness (QED) is 0.635. The van der Waals surface area contributed by atoms with Crippen LogP contribution in [0.3, 0.4) is 0 Å². The van der Waals surface area contributed by atoms with Crippen molar-refractivity contribution in [3.63, 3.8) is 0 Å². The van der Waals surface area contributed by atoms with Gasteiger partial charge >= 0.3 is 5.97 Å². The number of carbonyl (C=O) groups is 2. The summed E-state index contributed by atoms with van der Waals surface area (Å²) in [4.78, 5) is 23.8. The van der Waals surface area contributed by atoms with E-state index >= 15 is 0 Å². The van der Waals surface area contributed by atoms with E-state index in [1.807, 2.05) is 31.2 Å². The number of carbonyl (C=O) groups excluding carboxylic acids is 2. The normalized spacial score (nSPS) is 12.0. The first-order valence-electron chi connectivity index (χ1n) is 7.56. The van der Waals surface area contributed by atoms with Crippen LogP contribution in [0.2, 0.25) is 5.02 Å². The number of benzene rings is 2. The van der Waals surface area contributed by atoms with Crippen LogP contribution in [-0.2, 0) is 14.3 Å². The molecule has 0 unspecified atom stereocenters. The van der Waals surface area contributed by atoms with Gasteiger partial charge in [-0.2, -0.15) is 0 Å². The summed E-state index contributed by atoms with van der Waals surface area (Å²) >= 11 is 5.65. The molecule has 0 aliphatic rings. The molecule has 0 saturated heterocycles. The lowest BCUT2D eigenvalue weighted by molar-refractivity contribution is -0.148. The Hall–Kier alpha value is -2.66. The van der Waals surface area contributed by atoms with E-state index < -0.39 is 23.8 Å². The van der Waals surface area contributed by atoms with Crippen LogP contribution >= 0.6 is 11.6 Å². The van der Waals surface area contributed by atoms with Crippen LogP contribution in [0, 0.1) is 12.7 Å². The van der Waals surface area contributed by atoms with Crippen molar-refractivity contribution < 1.29 is 18.7 Å². The summed E-state index contributed by atoms with van der Waals surface area (Å²) in [7, 11) is 0. The largest absolute Gasteiger partial charge is 0.449 e. The van der Waals surface area contributed by atoms with E-state index in [1.54, 1.807) is 6.08 Å². The molecule has 2 rings (SSSR count). The number of amides is 1. The molecule has 0 spiro atoms. The minimum Gasteiger partial charge on any atom is -0.449 e. The summed E-state index contributed by atoms with van der Waals surface area (Å²) in [5.41, 5.74) is 1.91. The lowest BCUT2D eigenvalue weighted by Gasteiger charge is -2.13. The standard InChI is InChI=1S/C19H17ClFNO3/c1-12-3-5-14(6-4-12)7-10-18(23)25-13(2)19(24)22-17-9-8-15(20)11-16(17)21/h3-11,13H,1-2H3,(H,22,24)/b10-7+/t13-/m1/s1. The minimum absolute atomic E-state index is 0.0347. The van der Waals surface area contributed by atoms with Gasteiger partial charge < -0.3 is 10.1 Å². The van der Waals surface area contributed by atoms with Gasteiger partial charge in [0, 0.05) is 11.1 Å². The number of nitrogens with one attached hydrogen (secondary N) is 1. The highest BCUT2D eigenvalue weighted by Gasteiger charge is 2.18. The Morgan fingerprint density at radius 3 is 2.52 bits per heavy atom. The maximum absolute atomic E-state index is 13.7. The molecule has 0 saturated carbocycles. The van der Waals surface area contributed by atoms with Crippen molar-refractivity contribution >= 4 is 35.2 Å². The van der Waals surface area contributed by atoms with Crippen LogP contribution in [0.25, 0.3) is 6.08 Å². The number of halogens is 2. The molecule has 0 aromatic heterocycles. The zero-order chi connectivity index (χ0) is 18.4. The number of esters is 1. The van der Waals surface area contributed by atoms with E-state index in [-0.39, 0.29) is 10.7 Å². The van der Waals surface area contributed by atoms with Gasteiger partial charge in [0.2, 0.25) is 0 Å². The molecule has 0 heterocycles. The summed E-state index contributed by atoms with van der Waals surface area (Å²) in [6, 6.07) is 11.4. The summed E-state index contributed by atoms with van der Waals surface area (Å²) in [6.07, 6.45) is 1.74. The molecule has 0 radical (unpaired) electrons. The number of aryl methyl sites for hydroxylation is 1. The average molecular weight is 362 g/mol. The molecule has 0 bridgehead atoms. The van der Waals surface area contributed by atoms with Crippen LogP contribution in [-0.4, -0.2) is 18.0 Å². The topological polar surface area (TPSA) is 55.4 Å². The van der Waals surface area contributed by atoms with Crippen molar-refractivity contribution in [2.45, 2.75) is 20.0 Å². The summed E-state index contributed by atoms with van der Waals surface area (Å²) in [5, 5.41) is 2.57. The van der Waals surface area contributed by atoms with Gasteiger partial charge in [-0.1, -0.05) is 41.4 Å². The molecule has 0 aliphatic carbocycles. The van der Waals surface area contributed by atoms with Crippen molar-refractivity contribution in [1.29, 1.82) is 0 Å². The molecule has 1 amide bonds. The smallest absolute Gasteiger partial charge is 0.331 e. The average Bonchev–Trinajstić information content (AvgIpc) is 2.56. The monoisotopic (exact) mass is 361 g/mol. The van der Waals surface area contributed by atoms with Gasteiger partial charge in [0.15, 0.2) is 6.10 Å². The fourth-order valence-electron chi connectivity index (χ4n) is 1.93. The number of hydrogen-bond acceptors (Lipinski definition) is 3. The second kappa shape index (κ2) is 8.44. The van der Waals surface area contributed by atoms with E-state index in [0.29, 0.717) is 0 Å². The van der Waals surface area contributed by atoms with Gasteiger partial charge in [-0.15, -0.1) is 0 Å². The predicted molar refractivity (Wildman–Crippen MR) is 95.8 cm³/mol. The van der Waals surface area contributed by atoms with Crippen molar-refractivity contribution in [2.75, 3.05) is 5.32 Å². The summed E-state index contributed by atoms with van der Waals surface area (Å²) < 4.78 is 18.7. The van der Waals surface area contributed by atoms with Gasteiger partial charge in [0.1, 0.15) is 5.82 Å². The molecular formula is C19H17ClFNO3. The van der Waals surface area contributed by atoms with Gasteiger partial charge in [0.25, 0.3) is 5.91 Å². The fourth-order valence-corrected chi connectivity index (χ4v) is 2.09. The van der Waals surface area contributed by atoms with E-state index in [0.717, 1.165) is 17.2 Å². The molecule has 2 aromatic rings. The lowest BCUT2D eigenvalue weighted by Crippen LogP contribution is -2.29. The Labute approximate surface area is 150 Å². The third-order valence-corrected chi connectivity index (χ3v) is 3.58. The molecule has 1 atom stereocenters. The minimum atomic E-state index is -1.08. The van der Waals surface area contributed by atoms with Crippen LogP contribution in [0.4, 0.5) is 10.1 Å². The van der Waals surface area contributed by atoms with E-state index in [9.17, 15) is 14.0 Å². The highest BCUT2D eigenvalue weighted by Crippen LogP contribution is 2.19. The lowest BCUT2D eigenvalue weighted by atomic mass is 10.1. The predicted octanol–water partition coefficient (Wildman–Crippen LogP) is 4.37. The van der Waals surface area contributed by atoms with Gasteiger partial charge in [-0.3, -0.25) is 4.79 Å². The highest BCUT2D eigenvalue weighted by molar-refractivity contribution is 6.30. The molecule has 0 aliphatic heterocycles. The Morgan fingerprint density at radius 2 is 1.88 bits per heavy atom. The molecular weight excluding hydrogens is 345 g/mol. The first-order chi connectivity index (χ1) is 11.8. The maximum atomic E-state index is 13.7. The van der Waals surface area contributed by atoms with Gasteiger partial charge in [-0.05, 0) is 43.7 Å². The second-order valence-electron chi connectivity index (χ2n) is 5.44. The van der Waals surface area contributed by atoms with Crippen LogP contribution in [0.1, 0.15) is 18.1 Å². The Balaban J connectivity index is 1.91. The molecule has 2 aromatic carbocycles. The SMILES string of the molecule is Cc1ccc(/C=C/C(=O)O[C@H](C)C(=O)Nc2ccc(Cl)cc2F)cc1. The Morgan fingerprint density at radius 1 is 1.20 bits per heavy atom. The van der Waals surface area contributed by atoms with Crippen molar-refractivity contribution in [3.05, 3.63) is 70.5 Å². The maximum Gasteiger partial charge on any atom is 0.331 e. The fraction of sp³-hybridized carbons (Fsp3) is 0.158. The van der Waals surface area contributed by atoms with Crippen molar-refractivity contribution in [2.24, 2.45) is 0 Å². The third-order valence-electron chi connectivity index (χ3n) is 3.34. The Bertz CT molecular complexity index is 803. The summed E-state index contributed by atoms with van der Waals surface area (Å²) in [6.45, 7) is 3.37. The number of hydrogen-bond donors (Lipinski definition) is 1. The highest BCUT2D eigenvalue weighted by atomic mass is 35.5.